The lowest BCUT2D eigenvalue weighted by atomic mass is 10.1. The highest BCUT2D eigenvalue weighted by molar-refractivity contribution is 5.83. The molecule has 0 spiro atoms. The maximum Gasteiger partial charge on any atom is 0.374 e. The van der Waals surface area contributed by atoms with Crippen LogP contribution in [-0.2, 0) is 9.59 Å². The number of carboxylic acids is 2. The Kier molecular flexibility index (Phi) is 4.93. The second kappa shape index (κ2) is 6.43. The summed E-state index contributed by atoms with van der Waals surface area (Å²) >= 11 is 0. The molecular formula is C12H13NO7. The quantitative estimate of drug-likeness (QED) is 0.440. The van der Waals surface area contributed by atoms with Crippen molar-refractivity contribution in [1.29, 1.82) is 0 Å². The van der Waals surface area contributed by atoms with Crippen molar-refractivity contribution in [2.24, 2.45) is 5.73 Å². The molecule has 0 bridgehead atoms. The van der Waals surface area contributed by atoms with E-state index in [4.69, 9.17) is 30.5 Å². The summed E-state index contributed by atoms with van der Waals surface area (Å²) in [6.45, 7) is 0. The van der Waals surface area contributed by atoms with Gasteiger partial charge in [-0.25, -0.2) is 4.79 Å². The maximum absolute atomic E-state index is 10.8. The van der Waals surface area contributed by atoms with Crippen LogP contribution in [0, 0.1) is 0 Å². The molecule has 0 saturated carbocycles. The van der Waals surface area contributed by atoms with Gasteiger partial charge in [0.05, 0.1) is 7.11 Å². The van der Waals surface area contributed by atoms with Crippen molar-refractivity contribution >= 4 is 11.9 Å². The first kappa shape index (κ1) is 15.3. The van der Waals surface area contributed by atoms with Gasteiger partial charge in [-0.15, -0.1) is 0 Å². The molecule has 0 fully saturated rings. The minimum absolute atomic E-state index is 0.149. The minimum atomic E-state index is -1.54. The van der Waals surface area contributed by atoms with Gasteiger partial charge in [-0.05, 0) is 12.1 Å². The van der Waals surface area contributed by atoms with Crippen LogP contribution in [0.15, 0.2) is 30.2 Å². The molecule has 8 heteroatoms. The average molecular weight is 283 g/mol. The van der Waals surface area contributed by atoms with Crippen molar-refractivity contribution in [3.8, 4) is 11.5 Å². The van der Waals surface area contributed by atoms with Gasteiger partial charge in [-0.2, -0.15) is 0 Å². The van der Waals surface area contributed by atoms with Crippen molar-refractivity contribution < 1.29 is 34.4 Å². The van der Waals surface area contributed by atoms with Gasteiger partial charge in [0.15, 0.2) is 0 Å². The molecule has 0 amide bonds. The van der Waals surface area contributed by atoms with Gasteiger partial charge >= 0.3 is 11.9 Å². The van der Waals surface area contributed by atoms with Crippen LogP contribution in [0.25, 0.3) is 0 Å². The Balaban J connectivity index is 3.01. The van der Waals surface area contributed by atoms with Gasteiger partial charge in [0.1, 0.15) is 23.8 Å². The molecule has 1 atom stereocenters. The highest BCUT2D eigenvalue weighted by Crippen LogP contribution is 2.28. The predicted octanol–water partition coefficient (Wildman–Crippen LogP) is 0.642. The fourth-order valence-corrected chi connectivity index (χ4v) is 1.33. The van der Waals surface area contributed by atoms with E-state index < -0.39 is 23.7 Å². The molecule has 20 heavy (non-hydrogen) atoms. The number of aliphatic carboxylic acids is 2. The van der Waals surface area contributed by atoms with Crippen molar-refractivity contribution in [2.45, 2.75) is 6.04 Å². The number of rotatable bonds is 6. The molecule has 1 unspecified atom stereocenters. The van der Waals surface area contributed by atoms with E-state index >= 15 is 0 Å². The summed E-state index contributed by atoms with van der Waals surface area (Å²) in [4.78, 5) is 21.2. The van der Waals surface area contributed by atoms with Gasteiger partial charge < -0.3 is 30.5 Å². The minimum Gasteiger partial charge on any atom is -0.500 e. The molecule has 1 aromatic carbocycles. The Morgan fingerprint density at radius 3 is 2.45 bits per heavy atom. The van der Waals surface area contributed by atoms with Crippen LogP contribution in [0.3, 0.4) is 0 Å². The third kappa shape index (κ3) is 3.62. The average Bonchev–Trinajstić information content (AvgIpc) is 2.43. The third-order valence-corrected chi connectivity index (χ3v) is 2.33. The molecule has 0 heterocycles. The van der Waals surface area contributed by atoms with Crippen LogP contribution in [0.2, 0.25) is 0 Å². The summed E-state index contributed by atoms with van der Waals surface area (Å²) in [7, 11) is 1.32. The monoisotopic (exact) mass is 283 g/mol. The molecule has 108 valence electrons. The number of hydrogen-bond donors (Lipinski definition) is 4. The Bertz CT molecular complexity index is 553. The summed E-state index contributed by atoms with van der Waals surface area (Å²) in [5, 5.41) is 26.2. The number of benzene rings is 1. The van der Waals surface area contributed by atoms with Gasteiger partial charge in [-0.3, -0.25) is 4.79 Å². The van der Waals surface area contributed by atoms with Crippen LogP contribution in [0.1, 0.15) is 11.6 Å². The number of hydrogen-bond acceptors (Lipinski definition) is 6. The second-order valence-electron chi connectivity index (χ2n) is 3.65. The predicted molar refractivity (Wildman–Crippen MR) is 66.5 cm³/mol. The topological polar surface area (TPSA) is 139 Å². The molecule has 0 aliphatic heterocycles. The second-order valence-corrected chi connectivity index (χ2v) is 3.65. The van der Waals surface area contributed by atoms with Crippen molar-refractivity contribution in [2.75, 3.05) is 7.11 Å². The number of methoxy groups -OCH3 is 1. The van der Waals surface area contributed by atoms with Crippen LogP contribution in [0.5, 0.6) is 11.5 Å². The largest absolute Gasteiger partial charge is 0.500 e. The van der Waals surface area contributed by atoms with Gasteiger partial charge in [-0.1, -0.05) is 0 Å². The van der Waals surface area contributed by atoms with E-state index in [0.29, 0.717) is 6.26 Å². The molecule has 1 aromatic rings. The number of carboxylic acid groups (broad SMARTS) is 2. The number of carbonyl (C=O) groups is 2. The Morgan fingerprint density at radius 2 is 1.95 bits per heavy atom. The van der Waals surface area contributed by atoms with Gasteiger partial charge in [0.2, 0.25) is 5.76 Å². The molecule has 0 aliphatic rings. The van der Waals surface area contributed by atoms with Crippen molar-refractivity contribution in [3.63, 3.8) is 0 Å². The normalized spacial score (nSPS) is 12.6. The number of aliphatic hydroxyl groups excluding tert-OH is 1. The number of aliphatic hydroxyl groups is 1. The van der Waals surface area contributed by atoms with E-state index in [9.17, 15) is 9.59 Å². The summed E-state index contributed by atoms with van der Waals surface area (Å²) in [5.74, 6) is -3.42. The van der Waals surface area contributed by atoms with Crippen LogP contribution in [-0.4, -0.2) is 34.4 Å². The van der Waals surface area contributed by atoms with Gasteiger partial charge in [0, 0.05) is 11.6 Å². The van der Waals surface area contributed by atoms with E-state index in [0.717, 1.165) is 0 Å². The summed E-state index contributed by atoms with van der Waals surface area (Å²) in [6, 6.07) is 2.80. The van der Waals surface area contributed by atoms with E-state index in [2.05, 4.69) is 0 Å². The zero-order valence-electron chi connectivity index (χ0n) is 10.4. The SMILES string of the molecule is COc1cc(O/C=C(\O)C(=O)O)ccc1C(N)C(=O)O. The smallest absolute Gasteiger partial charge is 0.374 e. The van der Waals surface area contributed by atoms with E-state index in [-0.39, 0.29) is 17.1 Å². The van der Waals surface area contributed by atoms with Crippen LogP contribution < -0.4 is 15.2 Å². The van der Waals surface area contributed by atoms with E-state index in [1.165, 1.54) is 25.3 Å². The Hall–Kier alpha value is -2.74. The summed E-state index contributed by atoms with van der Waals surface area (Å²) < 4.78 is 9.89. The van der Waals surface area contributed by atoms with Crippen LogP contribution in [0.4, 0.5) is 0 Å². The molecule has 5 N–H and O–H groups in total. The van der Waals surface area contributed by atoms with E-state index in [1.54, 1.807) is 0 Å². The molecule has 1 rings (SSSR count). The first-order valence-electron chi connectivity index (χ1n) is 5.32. The zero-order chi connectivity index (χ0) is 15.3. The molecule has 0 aromatic heterocycles. The zero-order valence-corrected chi connectivity index (χ0v) is 10.4. The number of ether oxygens (including phenoxy) is 2. The molecular weight excluding hydrogens is 270 g/mol. The Morgan fingerprint density at radius 1 is 1.30 bits per heavy atom. The third-order valence-electron chi connectivity index (χ3n) is 2.33. The number of nitrogens with two attached hydrogens (primary N) is 1. The highest BCUT2D eigenvalue weighted by Gasteiger charge is 2.19. The molecule has 0 radical (unpaired) electrons. The van der Waals surface area contributed by atoms with Gasteiger partial charge in [0.25, 0.3) is 0 Å². The first-order valence-corrected chi connectivity index (χ1v) is 5.32. The lowest BCUT2D eigenvalue weighted by molar-refractivity contribution is -0.139. The molecule has 0 saturated heterocycles. The molecule has 0 aliphatic carbocycles. The molecule has 8 nitrogen and oxygen atoms in total. The standard InChI is InChI=1S/C12H13NO7/c1-19-9-4-6(20-5-8(14)11(15)16)2-3-7(9)10(13)12(17)18/h2-5,10,14H,13H2,1H3,(H,15,16)(H,17,18)/b8-5-. The fourth-order valence-electron chi connectivity index (χ4n) is 1.33. The maximum atomic E-state index is 10.8. The first-order chi connectivity index (χ1) is 9.36. The van der Waals surface area contributed by atoms with Crippen molar-refractivity contribution in [3.05, 3.63) is 35.8 Å². The summed E-state index contributed by atoms with van der Waals surface area (Å²) in [5.41, 5.74) is 5.71. The lowest BCUT2D eigenvalue weighted by Crippen LogP contribution is -2.21. The Labute approximate surface area is 113 Å². The highest BCUT2D eigenvalue weighted by atomic mass is 16.5. The lowest BCUT2D eigenvalue weighted by Gasteiger charge is -2.13. The van der Waals surface area contributed by atoms with E-state index in [1.807, 2.05) is 0 Å². The fraction of sp³-hybridized carbons (Fsp3) is 0.167. The van der Waals surface area contributed by atoms with Crippen molar-refractivity contribution in [1.82, 2.24) is 0 Å². The van der Waals surface area contributed by atoms with Crippen LogP contribution >= 0.6 is 0 Å². The summed E-state index contributed by atoms with van der Waals surface area (Å²) in [6.07, 6.45) is 0.633.